The maximum absolute atomic E-state index is 12.9. The van der Waals surface area contributed by atoms with Gasteiger partial charge in [0.1, 0.15) is 6.33 Å². The molecular formula is C19H22N6O. The summed E-state index contributed by atoms with van der Waals surface area (Å²) in [6.45, 7) is 3.18. The predicted octanol–water partition coefficient (Wildman–Crippen LogP) is 2.39. The molecule has 0 radical (unpaired) electrons. The monoisotopic (exact) mass is 350 g/mol. The zero-order valence-corrected chi connectivity index (χ0v) is 15.2. The molecule has 3 aromatic rings. The van der Waals surface area contributed by atoms with Crippen molar-refractivity contribution in [3.8, 4) is 5.69 Å². The number of carbonyl (C=O) groups excluding carboxylic acids is 1. The Bertz CT molecular complexity index is 858. The number of carbonyl (C=O) groups is 1. The topological polar surface area (TPSA) is 67.2 Å². The third kappa shape index (κ3) is 3.88. The highest BCUT2D eigenvalue weighted by molar-refractivity contribution is 5.94. The highest BCUT2D eigenvalue weighted by Gasteiger charge is 2.15. The third-order valence-corrected chi connectivity index (χ3v) is 4.20. The highest BCUT2D eigenvalue weighted by Crippen LogP contribution is 2.16. The van der Waals surface area contributed by atoms with Gasteiger partial charge >= 0.3 is 0 Å². The van der Waals surface area contributed by atoms with Crippen LogP contribution in [-0.2, 0) is 6.54 Å². The number of hydrogen-bond acceptors (Lipinski definition) is 5. The van der Waals surface area contributed by atoms with Crippen molar-refractivity contribution in [2.24, 2.45) is 0 Å². The maximum Gasteiger partial charge on any atom is 0.254 e. The van der Waals surface area contributed by atoms with Crippen molar-refractivity contribution in [3.63, 3.8) is 0 Å². The van der Waals surface area contributed by atoms with Crippen LogP contribution in [0.2, 0.25) is 0 Å². The van der Waals surface area contributed by atoms with Gasteiger partial charge in [-0.15, -0.1) is 5.10 Å². The molecule has 0 fully saturated rings. The first-order valence-corrected chi connectivity index (χ1v) is 8.47. The van der Waals surface area contributed by atoms with Gasteiger partial charge in [0, 0.05) is 38.4 Å². The molecule has 7 heteroatoms. The van der Waals surface area contributed by atoms with Gasteiger partial charge in [-0.05, 0) is 53.2 Å². The molecule has 0 aliphatic rings. The van der Waals surface area contributed by atoms with Crippen LogP contribution in [-0.4, -0.2) is 51.7 Å². The Labute approximate surface area is 152 Å². The Morgan fingerprint density at radius 1 is 1.12 bits per heavy atom. The van der Waals surface area contributed by atoms with Gasteiger partial charge in [-0.25, -0.2) is 4.68 Å². The van der Waals surface area contributed by atoms with Crippen molar-refractivity contribution in [1.29, 1.82) is 0 Å². The van der Waals surface area contributed by atoms with E-state index in [1.807, 2.05) is 44.1 Å². The quantitative estimate of drug-likeness (QED) is 0.683. The molecular weight excluding hydrogens is 328 g/mol. The average molecular weight is 350 g/mol. The molecule has 0 aliphatic carbocycles. The molecule has 0 spiro atoms. The van der Waals surface area contributed by atoms with E-state index in [9.17, 15) is 4.79 Å². The second-order valence-electron chi connectivity index (χ2n) is 6.18. The van der Waals surface area contributed by atoms with Crippen molar-refractivity contribution < 1.29 is 4.79 Å². The first kappa shape index (κ1) is 17.6. The fourth-order valence-electron chi connectivity index (χ4n) is 2.69. The van der Waals surface area contributed by atoms with Gasteiger partial charge in [-0.3, -0.25) is 4.79 Å². The lowest BCUT2D eigenvalue weighted by molar-refractivity contribution is 0.0752. The van der Waals surface area contributed by atoms with Crippen LogP contribution < -0.4 is 4.90 Å². The van der Waals surface area contributed by atoms with Crippen LogP contribution in [0.5, 0.6) is 0 Å². The molecule has 3 rings (SSSR count). The number of aromatic nitrogens is 4. The summed E-state index contributed by atoms with van der Waals surface area (Å²) in [5, 5.41) is 11.1. The zero-order chi connectivity index (χ0) is 18.5. The molecule has 2 aromatic carbocycles. The van der Waals surface area contributed by atoms with Gasteiger partial charge in [0.2, 0.25) is 0 Å². The van der Waals surface area contributed by atoms with Gasteiger partial charge in [-0.1, -0.05) is 18.2 Å². The molecule has 0 unspecified atom stereocenters. The van der Waals surface area contributed by atoms with Crippen LogP contribution in [0.1, 0.15) is 22.8 Å². The normalized spacial score (nSPS) is 10.6. The van der Waals surface area contributed by atoms with E-state index in [0.717, 1.165) is 16.9 Å². The molecule has 1 heterocycles. The van der Waals surface area contributed by atoms with E-state index in [-0.39, 0.29) is 5.91 Å². The number of amides is 1. The lowest BCUT2D eigenvalue weighted by atomic mass is 10.1. The number of benzene rings is 2. The molecule has 0 saturated carbocycles. The minimum absolute atomic E-state index is 0.0147. The SMILES string of the molecule is CCN(Cc1ccc(N(C)C)cc1)C(=O)c1cccc(-n2cnnn2)c1. The van der Waals surface area contributed by atoms with Crippen LogP contribution in [0.25, 0.3) is 5.69 Å². The van der Waals surface area contributed by atoms with Crippen LogP contribution >= 0.6 is 0 Å². The molecule has 0 atom stereocenters. The van der Waals surface area contributed by atoms with E-state index in [4.69, 9.17) is 0 Å². The molecule has 1 aromatic heterocycles. The average Bonchev–Trinajstić information content (AvgIpc) is 3.21. The number of nitrogens with zero attached hydrogens (tertiary/aromatic N) is 6. The molecule has 7 nitrogen and oxygen atoms in total. The standard InChI is InChI=1S/C19H22N6O/c1-4-24(13-15-8-10-17(11-9-15)23(2)3)19(26)16-6-5-7-18(12-16)25-14-20-21-22-25/h5-12,14H,4,13H2,1-3H3. The first-order chi connectivity index (χ1) is 12.6. The van der Waals surface area contributed by atoms with E-state index in [1.54, 1.807) is 6.07 Å². The number of rotatable bonds is 6. The summed E-state index contributed by atoms with van der Waals surface area (Å²) in [6.07, 6.45) is 1.51. The third-order valence-electron chi connectivity index (χ3n) is 4.20. The Hall–Kier alpha value is -3.22. The van der Waals surface area contributed by atoms with Gasteiger partial charge in [0.05, 0.1) is 5.69 Å². The van der Waals surface area contributed by atoms with Crippen molar-refractivity contribution in [2.75, 3.05) is 25.5 Å². The Balaban J connectivity index is 1.77. The molecule has 26 heavy (non-hydrogen) atoms. The summed E-state index contributed by atoms with van der Waals surface area (Å²) in [7, 11) is 4.02. The van der Waals surface area contributed by atoms with Crippen LogP contribution in [0, 0.1) is 0 Å². The van der Waals surface area contributed by atoms with E-state index in [1.165, 1.54) is 11.0 Å². The molecule has 0 saturated heterocycles. The van der Waals surface area contributed by atoms with Crippen molar-refractivity contribution in [2.45, 2.75) is 13.5 Å². The van der Waals surface area contributed by atoms with Gasteiger partial charge in [0.25, 0.3) is 5.91 Å². The van der Waals surface area contributed by atoms with Gasteiger partial charge in [0.15, 0.2) is 0 Å². The predicted molar refractivity (Wildman–Crippen MR) is 100 cm³/mol. The van der Waals surface area contributed by atoms with Crippen LogP contribution in [0.15, 0.2) is 54.9 Å². The summed E-state index contributed by atoms with van der Waals surface area (Å²) in [6, 6.07) is 15.6. The molecule has 0 aliphatic heterocycles. The number of anilines is 1. The van der Waals surface area contributed by atoms with E-state index >= 15 is 0 Å². The van der Waals surface area contributed by atoms with Crippen molar-refractivity contribution >= 4 is 11.6 Å². The second-order valence-corrected chi connectivity index (χ2v) is 6.18. The fourth-order valence-corrected chi connectivity index (χ4v) is 2.69. The molecule has 1 amide bonds. The Morgan fingerprint density at radius 3 is 2.50 bits per heavy atom. The molecule has 0 bridgehead atoms. The largest absolute Gasteiger partial charge is 0.378 e. The van der Waals surface area contributed by atoms with Crippen LogP contribution in [0.4, 0.5) is 5.69 Å². The lowest BCUT2D eigenvalue weighted by Gasteiger charge is -2.22. The second kappa shape index (κ2) is 7.77. The summed E-state index contributed by atoms with van der Waals surface area (Å²) in [5.74, 6) is -0.0147. The first-order valence-electron chi connectivity index (χ1n) is 8.47. The summed E-state index contributed by atoms with van der Waals surface area (Å²) < 4.78 is 1.53. The van der Waals surface area contributed by atoms with E-state index in [0.29, 0.717) is 18.7 Å². The lowest BCUT2D eigenvalue weighted by Crippen LogP contribution is -2.30. The van der Waals surface area contributed by atoms with Crippen LogP contribution in [0.3, 0.4) is 0 Å². The van der Waals surface area contributed by atoms with Crippen molar-refractivity contribution in [1.82, 2.24) is 25.1 Å². The Kier molecular flexibility index (Phi) is 5.26. The summed E-state index contributed by atoms with van der Waals surface area (Å²) in [4.78, 5) is 16.8. The number of tetrazole rings is 1. The van der Waals surface area contributed by atoms with Crippen molar-refractivity contribution in [3.05, 3.63) is 66.0 Å². The Morgan fingerprint density at radius 2 is 1.88 bits per heavy atom. The minimum Gasteiger partial charge on any atom is -0.378 e. The summed E-state index contributed by atoms with van der Waals surface area (Å²) in [5.41, 5.74) is 3.61. The zero-order valence-electron chi connectivity index (χ0n) is 15.2. The van der Waals surface area contributed by atoms with Gasteiger partial charge in [-0.2, -0.15) is 0 Å². The number of hydrogen-bond donors (Lipinski definition) is 0. The maximum atomic E-state index is 12.9. The van der Waals surface area contributed by atoms with Gasteiger partial charge < -0.3 is 9.80 Å². The summed E-state index contributed by atoms with van der Waals surface area (Å²) >= 11 is 0. The fraction of sp³-hybridized carbons (Fsp3) is 0.263. The highest BCUT2D eigenvalue weighted by atomic mass is 16.2. The molecule has 0 N–H and O–H groups in total. The van der Waals surface area contributed by atoms with E-state index < -0.39 is 0 Å². The molecule has 134 valence electrons. The van der Waals surface area contributed by atoms with E-state index in [2.05, 4.69) is 44.7 Å². The smallest absolute Gasteiger partial charge is 0.254 e. The minimum atomic E-state index is -0.0147.